The number of hydrogen-bond acceptors (Lipinski definition) is 7. The highest BCUT2D eigenvalue weighted by Gasteiger charge is 2.18. The molecule has 0 unspecified atom stereocenters. The second kappa shape index (κ2) is 7.63. The number of methoxy groups -OCH3 is 3. The number of nitrogens with two attached hydrogens (primary N) is 1. The Hall–Kier alpha value is -3.87. The molecule has 2 N–H and O–H groups in total. The molecule has 0 aliphatic heterocycles. The van der Waals surface area contributed by atoms with Crippen molar-refractivity contribution in [2.75, 3.05) is 27.1 Å². The van der Waals surface area contributed by atoms with Gasteiger partial charge in [0.15, 0.2) is 5.65 Å². The first kappa shape index (κ1) is 18.5. The first-order valence-corrected chi connectivity index (χ1v) is 8.93. The highest BCUT2D eigenvalue weighted by molar-refractivity contribution is 6.02. The van der Waals surface area contributed by atoms with Crippen molar-refractivity contribution < 1.29 is 14.2 Å². The number of hydrogen-bond donors (Lipinski definition) is 1. The number of nitrogen functional groups attached to an aromatic ring is 1. The van der Waals surface area contributed by atoms with Crippen LogP contribution in [0.4, 0.5) is 5.82 Å². The minimum atomic E-state index is 0.354. The zero-order chi connectivity index (χ0) is 20.4. The van der Waals surface area contributed by atoms with Crippen LogP contribution in [0, 0.1) is 0 Å². The third kappa shape index (κ3) is 3.27. The Morgan fingerprint density at radius 3 is 2.28 bits per heavy atom. The van der Waals surface area contributed by atoms with E-state index in [4.69, 9.17) is 24.9 Å². The van der Waals surface area contributed by atoms with Gasteiger partial charge >= 0.3 is 0 Å². The van der Waals surface area contributed by atoms with Gasteiger partial charge < -0.3 is 19.9 Å². The molecule has 4 aromatic rings. The van der Waals surface area contributed by atoms with Crippen molar-refractivity contribution in [2.45, 2.75) is 0 Å². The number of ether oxygens (including phenoxy) is 3. The van der Waals surface area contributed by atoms with Crippen molar-refractivity contribution in [2.24, 2.45) is 0 Å². The van der Waals surface area contributed by atoms with Crippen LogP contribution in [-0.4, -0.2) is 36.3 Å². The molecule has 146 valence electrons. The zero-order valence-corrected chi connectivity index (χ0v) is 16.3. The maximum Gasteiger partial charge on any atom is 0.165 e. The molecule has 29 heavy (non-hydrogen) atoms. The van der Waals surface area contributed by atoms with Gasteiger partial charge in [-0.15, -0.1) is 0 Å². The predicted molar refractivity (Wildman–Crippen MR) is 112 cm³/mol. The molecule has 0 saturated carbocycles. The SMILES string of the molecule is COc1ccc(OC)c(-c2cc(-c3ccccc3OC)c3c(N)ncnc3n2)c1. The number of rotatable bonds is 5. The predicted octanol–water partition coefficient (Wildman–Crippen LogP) is 3.97. The molecule has 0 atom stereocenters. The van der Waals surface area contributed by atoms with Crippen molar-refractivity contribution in [1.29, 1.82) is 0 Å². The zero-order valence-electron chi connectivity index (χ0n) is 16.3. The molecule has 2 heterocycles. The first-order valence-electron chi connectivity index (χ1n) is 8.93. The summed E-state index contributed by atoms with van der Waals surface area (Å²) in [5, 5.41) is 0.669. The molecule has 0 amide bonds. The number of para-hydroxylation sites is 1. The van der Waals surface area contributed by atoms with Gasteiger partial charge in [-0.25, -0.2) is 15.0 Å². The summed E-state index contributed by atoms with van der Waals surface area (Å²) < 4.78 is 16.5. The normalized spacial score (nSPS) is 10.7. The summed E-state index contributed by atoms with van der Waals surface area (Å²) in [6.07, 6.45) is 1.41. The molecule has 0 aliphatic carbocycles. The molecule has 2 aromatic carbocycles. The van der Waals surface area contributed by atoms with E-state index in [1.54, 1.807) is 21.3 Å². The molecule has 4 rings (SSSR count). The fourth-order valence-corrected chi connectivity index (χ4v) is 3.32. The Morgan fingerprint density at radius 2 is 1.52 bits per heavy atom. The lowest BCUT2D eigenvalue weighted by molar-refractivity contribution is 0.404. The topological polar surface area (TPSA) is 92.4 Å². The van der Waals surface area contributed by atoms with Crippen molar-refractivity contribution in [3.05, 3.63) is 54.9 Å². The van der Waals surface area contributed by atoms with Crippen LogP contribution in [0.2, 0.25) is 0 Å². The highest BCUT2D eigenvalue weighted by atomic mass is 16.5. The smallest absolute Gasteiger partial charge is 0.165 e. The van der Waals surface area contributed by atoms with Gasteiger partial charge in [0.2, 0.25) is 0 Å². The molecule has 0 saturated heterocycles. The van der Waals surface area contributed by atoms with Gasteiger partial charge in [-0.3, -0.25) is 0 Å². The summed E-state index contributed by atoms with van der Waals surface area (Å²) in [4.78, 5) is 13.2. The van der Waals surface area contributed by atoms with Crippen LogP contribution >= 0.6 is 0 Å². The molecule has 7 nitrogen and oxygen atoms in total. The second-order valence-corrected chi connectivity index (χ2v) is 6.28. The Morgan fingerprint density at radius 1 is 0.759 bits per heavy atom. The number of aromatic nitrogens is 3. The largest absolute Gasteiger partial charge is 0.497 e. The Bertz CT molecular complexity index is 1190. The molecular formula is C22H20N4O3. The Kier molecular flexibility index (Phi) is 4.87. The third-order valence-corrected chi connectivity index (χ3v) is 4.71. The fraction of sp³-hybridized carbons (Fsp3) is 0.136. The Labute approximate surface area is 168 Å². The number of benzene rings is 2. The molecular weight excluding hydrogens is 368 g/mol. The fourth-order valence-electron chi connectivity index (χ4n) is 3.32. The maximum atomic E-state index is 6.20. The minimum absolute atomic E-state index is 0.354. The van der Waals surface area contributed by atoms with Crippen LogP contribution in [0.5, 0.6) is 17.2 Å². The summed E-state index contributed by atoms with van der Waals surface area (Å²) in [6, 6.07) is 15.2. The number of pyridine rings is 1. The quantitative estimate of drug-likeness (QED) is 0.553. The number of nitrogens with zero attached hydrogens (tertiary/aromatic N) is 3. The van der Waals surface area contributed by atoms with Gasteiger partial charge in [-0.2, -0.15) is 0 Å². The van der Waals surface area contributed by atoms with Crippen LogP contribution in [-0.2, 0) is 0 Å². The molecule has 0 spiro atoms. The van der Waals surface area contributed by atoms with Crippen molar-refractivity contribution in [1.82, 2.24) is 15.0 Å². The van der Waals surface area contributed by atoms with Crippen molar-refractivity contribution >= 4 is 16.9 Å². The standard InChI is InChI=1S/C22H20N4O3/c1-27-13-8-9-19(29-3)16(10-13)17-11-15(14-6-4-5-7-18(14)28-2)20-21(23)24-12-25-22(20)26-17/h4-12H,1-3H3,(H2,23,24,25,26). The van der Waals surface area contributed by atoms with E-state index in [1.807, 2.05) is 48.5 Å². The van der Waals surface area contributed by atoms with Crippen LogP contribution < -0.4 is 19.9 Å². The molecule has 2 aromatic heterocycles. The van der Waals surface area contributed by atoms with E-state index in [0.717, 1.165) is 16.7 Å². The van der Waals surface area contributed by atoms with E-state index in [-0.39, 0.29) is 0 Å². The van der Waals surface area contributed by atoms with Crippen molar-refractivity contribution in [3.63, 3.8) is 0 Å². The molecule has 0 bridgehead atoms. The Balaban J connectivity index is 2.07. The third-order valence-electron chi connectivity index (χ3n) is 4.71. The second-order valence-electron chi connectivity index (χ2n) is 6.28. The van der Waals surface area contributed by atoms with Gasteiger partial charge in [-0.05, 0) is 30.3 Å². The average Bonchev–Trinajstić information content (AvgIpc) is 2.78. The molecule has 0 fully saturated rings. The van der Waals surface area contributed by atoms with E-state index in [1.165, 1.54) is 6.33 Å². The van der Waals surface area contributed by atoms with Gasteiger partial charge in [0.25, 0.3) is 0 Å². The van der Waals surface area contributed by atoms with Crippen LogP contribution in [0.3, 0.4) is 0 Å². The molecule has 0 aliphatic rings. The van der Waals surface area contributed by atoms with Gasteiger partial charge in [0, 0.05) is 16.7 Å². The van der Waals surface area contributed by atoms with E-state index in [0.29, 0.717) is 39.8 Å². The summed E-state index contributed by atoms with van der Waals surface area (Å²) in [5.41, 5.74) is 9.83. The van der Waals surface area contributed by atoms with Gasteiger partial charge in [-0.1, -0.05) is 18.2 Å². The number of fused-ring (bicyclic) bond motifs is 1. The summed E-state index contributed by atoms with van der Waals surface area (Å²) >= 11 is 0. The molecule has 0 radical (unpaired) electrons. The average molecular weight is 388 g/mol. The van der Waals surface area contributed by atoms with Crippen LogP contribution in [0.1, 0.15) is 0 Å². The molecule has 7 heteroatoms. The van der Waals surface area contributed by atoms with Gasteiger partial charge in [0.1, 0.15) is 29.4 Å². The van der Waals surface area contributed by atoms with E-state index >= 15 is 0 Å². The summed E-state index contributed by atoms with van der Waals surface area (Å²) in [5.74, 6) is 2.44. The van der Waals surface area contributed by atoms with Crippen molar-refractivity contribution in [3.8, 4) is 39.6 Å². The summed E-state index contributed by atoms with van der Waals surface area (Å²) in [6.45, 7) is 0. The lowest BCUT2D eigenvalue weighted by Crippen LogP contribution is -2.00. The van der Waals surface area contributed by atoms with E-state index < -0.39 is 0 Å². The van der Waals surface area contributed by atoms with Gasteiger partial charge in [0.05, 0.1) is 32.4 Å². The highest BCUT2D eigenvalue weighted by Crippen LogP contribution is 2.40. The first-order chi connectivity index (χ1) is 14.2. The lowest BCUT2D eigenvalue weighted by atomic mass is 9.98. The monoisotopic (exact) mass is 388 g/mol. The lowest BCUT2D eigenvalue weighted by Gasteiger charge is -2.15. The van der Waals surface area contributed by atoms with E-state index in [2.05, 4.69) is 9.97 Å². The summed E-state index contributed by atoms with van der Waals surface area (Å²) in [7, 11) is 4.87. The number of anilines is 1. The van der Waals surface area contributed by atoms with Crippen LogP contribution in [0.25, 0.3) is 33.4 Å². The minimum Gasteiger partial charge on any atom is -0.497 e. The van der Waals surface area contributed by atoms with Crippen LogP contribution in [0.15, 0.2) is 54.9 Å². The maximum absolute atomic E-state index is 6.20. The van der Waals surface area contributed by atoms with E-state index in [9.17, 15) is 0 Å².